The van der Waals surface area contributed by atoms with Crippen LogP contribution in [0.5, 0.6) is 0 Å². The zero-order valence-corrected chi connectivity index (χ0v) is 15.6. The van der Waals surface area contributed by atoms with Crippen LogP contribution in [-0.2, 0) is 25.7 Å². The highest BCUT2D eigenvalue weighted by Crippen LogP contribution is 2.24. The van der Waals surface area contributed by atoms with Gasteiger partial charge in [-0.05, 0) is 37.5 Å². The van der Waals surface area contributed by atoms with Crippen LogP contribution in [0, 0.1) is 5.41 Å². The summed E-state index contributed by atoms with van der Waals surface area (Å²) in [6.07, 6.45) is 2.21. The lowest BCUT2D eigenvalue weighted by Gasteiger charge is -2.24. The number of ketones is 1. The number of carbonyl (C=O) groups excluding carboxylic acids is 4. The van der Waals surface area contributed by atoms with Crippen LogP contribution < -0.4 is 5.32 Å². The number of hydrogen-bond acceptors (Lipinski definition) is 4. The van der Waals surface area contributed by atoms with E-state index in [2.05, 4.69) is 5.32 Å². The Labute approximate surface area is 153 Å². The Balaban J connectivity index is 1.89. The summed E-state index contributed by atoms with van der Waals surface area (Å²) in [5.41, 5.74) is 0.981. The summed E-state index contributed by atoms with van der Waals surface area (Å²) in [5.74, 6) is -0.344. The standard InChI is InChI=1S/C20H26N2O4/c1-14(23)20(2,3)12-11-17(24)21-16-9-7-15(8-10-16)13-22-18(25)5-4-6-19(22)26/h7-10H,4-6,11-13H2,1-3H3,(H,21,24). The van der Waals surface area contributed by atoms with Crippen molar-refractivity contribution in [2.75, 3.05) is 5.32 Å². The lowest BCUT2D eigenvalue weighted by molar-refractivity contribution is -0.148. The summed E-state index contributed by atoms with van der Waals surface area (Å²) in [6, 6.07) is 7.10. The third-order valence-corrected chi connectivity index (χ3v) is 4.89. The van der Waals surface area contributed by atoms with E-state index >= 15 is 0 Å². The van der Waals surface area contributed by atoms with Crippen molar-refractivity contribution in [2.45, 2.75) is 59.4 Å². The molecule has 1 aromatic rings. The van der Waals surface area contributed by atoms with Crippen molar-refractivity contribution >= 4 is 29.2 Å². The highest BCUT2D eigenvalue weighted by Gasteiger charge is 2.26. The molecule has 0 atom stereocenters. The number of anilines is 1. The second-order valence-electron chi connectivity index (χ2n) is 7.41. The summed E-state index contributed by atoms with van der Waals surface area (Å²) >= 11 is 0. The molecule has 2 rings (SSSR count). The van der Waals surface area contributed by atoms with Gasteiger partial charge in [-0.2, -0.15) is 0 Å². The topological polar surface area (TPSA) is 83.6 Å². The van der Waals surface area contributed by atoms with Gasteiger partial charge in [0.2, 0.25) is 17.7 Å². The van der Waals surface area contributed by atoms with Crippen LogP contribution >= 0.6 is 0 Å². The van der Waals surface area contributed by atoms with E-state index in [0.717, 1.165) is 5.56 Å². The number of nitrogens with zero attached hydrogens (tertiary/aromatic N) is 1. The minimum atomic E-state index is -0.505. The van der Waals surface area contributed by atoms with Gasteiger partial charge < -0.3 is 5.32 Å². The molecule has 1 saturated heterocycles. The van der Waals surface area contributed by atoms with E-state index in [1.165, 1.54) is 11.8 Å². The Morgan fingerprint density at radius 3 is 2.19 bits per heavy atom. The molecule has 0 unspecified atom stereocenters. The van der Waals surface area contributed by atoms with Gasteiger partial charge in [0.15, 0.2) is 0 Å². The molecular formula is C20H26N2O4. The van der Waals surface area contributed by atoms with Crippen molar-refractivity contribution in [3.8, 4) is 0 Å². The number of amides is 3. The van der Waals surface area contributed by atoms with Gasteiger partial charge in [0.1, 0.15) is 5.78 Å². The van der Waals surface area contributed by atoms with Crippen LogP contribution in [-0.4, -0.2) is 28.4 Å². The molecule has 1 N–H and O–H groups in total. The molecule has 1 fully saturated rings. The second-order valence-corrected chi connectivity index (χ2v) is 7.41. The molecule has 140 valence electrons. The van der Waals surface area contributed by atoms with E-state index in [4.69, 9.17) is 0 Å². The molecule has 1 aliphatic heterocycles. The van der Waals surface area contributed by atoms with Gasteiger partial charge in [-0.3, -0.25) is 24.1 Å². The zero-order chi connectivity index (χ0) is 19.3. The van der Waals surface area contributed by atoms with Crippen molar-refractivity contribution < 1.29 is 19.2 Å². The summed E-state index contributed by atoms with van der Waals surface area (Å²) in [4.78, 5) is 48.5. The average molecular weight is 358 g/mol. The van der Waals surface area contributed by atoms with Crippen molar-refractivity contribution in [3.63, 3.8) is 0 Å². The van der Waals surface area contributed by atoms with Crippen molar-refractivity contribution in [1.29, 1.82) is 0 Å². The van der Waals surface area contributed by atoms with Gasteiger partial charge >= 0.3 is 0 Å². The molecule has 1 aliphatic rings. The second kappa shape index (κ2) is 8.25. The van der Waals surface area contributed by atoms with Crippen LogP contribution in [0.1, 0.15) is 58.4 Å². The molecule has 6 heteroatoms. The number of piperidine rings is 1. The van der Waals surface area contributed by atoms with E-state index in [0.29, 0.717) is 31.4 Å². The highest BCUT2D eigenvalue weighted by molar-refractivity contribution is 5.97. The zero-order valence-electron chi connectivity index (χ0n) is 15.6. The maximum absolute atomic E-state index is 12.0. The first-order valence-electron chi connectivity index (χ1n) is 8.92. The monoisotopic (exact) mass is 358 g/mol. The molecule has 1 heterocycles. The van der Waals surface area contributed by atoms with Gasteiger partial charge in [-0.1, -0.05) is 26.0 Å². The predicted molar refractivity (Wildman–Crippen MR) is 98.2 cm³/mol. The van der Waals surface area contributed by atoms with Crippen molar-refractivity contribution in [3.05, 3.63) is 29.8 Å². The number of Topliss-reactive ketones (excluding diaryl/α,β-unsaturated/α-hetero) is 1. The molecule has 0 saturated carbocycles. The molecule has 26 heavy (non-hydrogen) atoms. The Morgan fingerprint density at radius 2 is 1.65 bits per heavy atom. The van der Waals surface area contributed by atoms with Gasteiger partial charge in [0.25, 0.3) is 0 Å². The van der Waals surface area contributed by atoms with Crippen molar-refractivity contribution in [2.24, 2.45) is 5.41 Å². The number of carbonyl (C=O) groups is 4. The molecule has 0 bridgehead atoms. The third kappa shape index (κ3) is 5.25. The van der Waals surface area contributed by atoms with E-state index in [-0.39, 0.29) is 36.5 Å². The van der Waals surface area contributed by atoms with Gasteiger partial charge in [-0.25, -0.2) is 0 Å². The molecule has 0 aliphatic carbocycles. The minimum absolute atomic E-state index is 0.0662. The Bertz CT molecular complexity index is 691. The largest absolute Gasteiger partial charge is 0.326 e. The normalized spacial score (nSPS) is 15.1. The first kappa shape index (κ1) is 19.8. The van der Waals surface area contributed by atoms with Gasteiger partial charge in [0.05, 0.1) is 6.54 Å². The fourth-order valence-electron chi connectivity index (χ4n) is 2.68. The summed E-state index contributed by atoms with van der Waals surface area (Å²) in [7, 11) is 0. The number of likely N-dealkylation sites (tertiary alicyclic amines) is 1. The molecule has 6 nitrogen and oxygen atoms in total. The first-order chi connectivity index (χ1) is 12.2. The summed E-state index contributed by atoms with van der Waals surface area (Å²) < 4.78 is 0. The molecule has 3 amide bonds. The van der Waals surface area contributed by atoms with Crippen LogP contribution in [0.2, 0.25) is 0 Å². The van der Waals surface area contributed by atoms with E-state index in [1.807, 2.05) is 13.8 Å². The van der Waals surface area contributed by atoms with E-state index in [1.54, 1.807) is 24.3 Å². The number of imide groups is 1. The maximum Gasteiger partial charge on any atom is 0.229 e. The number of nitrogens with one attached hydrogen (secondary N) is 1. The van der Waals surface area contributed by atoms with Crippen LogP contribution in [0.15, 0.2) is 24.3 Å². The molecular weight excluding hydrogens is 332 g/mol. The molecule has 0 spiro atoms. The SMILES string of the molecule is CC(=O)C(C)(C)CCC(=O)Nc1ccc(CN2C(=O)CCCC2=O)cc1. The fraction of sp³-hybridized carbons (Fsp3) is 0.500. The predicted octanol–water partition coefficient (Wildman–Crippen LogP) is 3.06. The smallest absolute Gasteiger partial charge is 0.229 e. The first-order valence-corrected chi connectivity index (χ1v) is 8.92. The fourth-order valence-corrected chi connectivity index (χ4v) is 2.68. The Kier molecular flexibility index (Phi) is 6.29. The van der Waals surface area contributed by atoms with Gasteiger partial charge in [-0.15, -0.1) is 0 Å². The quantitative estimate of drug-likeness (QED) is 0.759. The Morgan fingerprint density at radius 1 is 1.08 bits per heavy atom. The summed E-state index contributed by atoms with van der Waals surface area (Å²) in [6.45, 7) is 5.47. The maximum atomic E-state index is 12.0. The average Bonchev–Trinajstić information content (AvgIpc) is 2.58. The molecule has 0 aromatic heterocycles. The summed E-state index contributed by atoms with van der Waals surface area (Å²) in [5, 5.41) is 2.80. The number of rotatable bonds is 7. The number of hydrogen-bond donors (Lipinski definition) is 1. The van der Waals surface area contributed by atoms with Crippen LogP contribution in [0.25, 0.3) is 0 Å². The Hall–Kier alpha value is -2.50. The van der Waals surface area contributed by atoms with E-state index in [9.17, 15) is 19.2 Å². The minimum Gasteiger partial charge on any atom is -0.326 e. The lowest BCUT2D eigenvalue weighted by Crippen LogP contribution is -2.39. The lowest BCUT2D eigenvalue weighted by atomic mass is 9.84. The van der Waals surface area contributed by atoms with Crippen LogP contribution in [0.4, 0.5) is 5.69 Å². The van der Waals surface area contributed by atoms with E-state index < -0.39 is 5.41 Å². The third-order valence-electron chi connectivity index (χ3n) is 4.89. The molecule has 1 aromatic carbocycles. The van der Waals surface area contributed by atoms with Gasteiger partial charge in [0, 0.05) is 30.4 Å². The number of benzene rings is 1. The van der Waals surface area contributed by atoms with Crippen LogP contribution in [0.3, 0.4) is 0 Å². The highest BCUT2D eigenvalue weighted by atomic mass is 16.2. The molecule has 0 radical (unpaired) electrons. The van der Waals surface area contributed by atoms with Crippen molar-refractivity contribution in [1.82, 2.24) is 4.90 Å².